The van der Waals surface area contributed by atoms with Crippen LogP contribution in [0.3, 0.4) is 0 Å². The molecule has 0 bridgehead atoms. The molecule has 3 aromatic rings. The molecule has 1 atom stereocenters. The van der Waals surface area contributed by atoms with Crippen LogP contribution in [0.25, 0.3) is 0 Å². The smallest absolute Gasteiger partial charge is 0.261 e. The van der Waals surface area contributed by atoms with E-state index in [1.807, 2.05) is 36.4 Å². The molecule has 1 aliphatic rings. The van der Waals surface area contributed by atoms with Crippen LogP contribution in [0, 0.1) is 0 Å². The number of nitrogens with one attached hydrogen (secondary N) is 1. The van der Waals surface area contributed by atoms with Crippen molar-refractivity contribution in [3.8, 4) is 11.5 Å². The molecule has 0 spiro atoms. The molecule has 7 nitrogen and oxygen atoms in total. The second-order valence-corrected chi connectivity index (χ2v) is 9.78. The van der Waals surface area contributed by atoms with Gasteiger partial charge in [0.25, 0.3) is 10.0 Å². The van der Waals surface area contributed by atoms with Crippen molar-refractivity contribution in [2.75, 3.05) is 29.6 Å². The zero-order valence-corrected chi connectivity index (χ0v) is 19.2. The third kappa shape index (κ3) is 4.53. The molecule has 1 unspecified atom stereocenters. The van der Waals surface area contributed by atoms with E-state index < -0.39 is 10.0 Å². The Balaban J connectivity index is 1.52. The van der Waals surface area contributed by atoms with Crippen LogP contribution >= 0.6 is 11.8 Å². The Morgan fingerprint density at radius 1 is 0.875 bits per heavy atom. The number of rotatable bonds is 7. The number of sulfonamides is 1. The van der Waals surface area contributed by atoms with E-state index in [2.05, 4.69) is 4.72 Å². The van der Waals surface area contributed by atoms with E-state index in [-0.39, 0.29) is 16.2 Å². The molecule has 0 aliphatic carbocycles. The highest BCUT2D eigenvalue weighted by molar-refractivity contribution is 8.00. The van der Waals surface area contributed by atoms with Crippen molar-refractivity contribution in [1.82, 2.24) is 0 Å². The predicted molar refractivity (Wildman–Crippen MR) is 126 cm³/mol. The highest BCUT2D eigenvalue weighted by atomic mass is 32.2. The van der Waals surface area contributed by atoms with Gasteiger partial charge in [0.1, 0.15) is 16.9 Å². The van der Waals surface area contributed by atoms with Gasteiger partial charge >= 0.3 is 0 Å². The maximum Gasteiger partial charge on any atom is 0.261 e. The van der Waals surface area contributed by atoms with Crippen molar-refractivity contribution < 1.29 is 22.7 Å². The number of hydrogen-bond acceptors (Lipinski definition) is 6. The van der Waals surface area contributed by atoms with E-state index in [0.717, 1.165) is 17.0 Å². The summed E-state index contributed by atoms with van der Waals surface area (Å²) < 4.78 is 38.2. The van der Waals surface area contributed by atoms with Gasteiger partial charge in [-0.2, -0.15) is 0 Å². The highest BCUT2D eigenvalue weighted by Crippen LogP contribution is 2.42. The zero-order valence-electron chi connectivity index (χ0n) is 17.5. The fraction of sp³-hybridized carbons (Fsp3) is 0.174. The van der Waals surface area contributed by atoms with Gasteiger partial charge in [-0.15, -0.1) is 11.8 Å². The standard InChI is InChI=1S/C23H22N2O5S2/c1-29-19-9-7-18(8-10-19)25-22(26)15-31-23(25)16-3-5-17(6-4-16)24-32(27,28)21-13-11-20(30-2)12-14-21/h3-14,23-24H,15H2,1-2H3. The average Bonchev–Trinajstić information content (AvgIpc) is 3.20. The van der Waals surface area contributed by atoms with Gasteiger partial charge in [0, 0.05) is 11.4 Å². The van der Waals surface area contributed by atoms with Crippen LogP contribution in [0.5, 0.6) is 11.5 Å². The molecule has 1 aliphatic heterocycles. The predicted octanol–water partition coefficient (Wildman–Crippen LogP) is 4.28. The molecule has 3 aromatic carbocycles. The largest absolute Gasteiger partial charge is 0.497 e. The third-order valence-corrected chi connectivity index (χ3v) is 7.65. The quantitative estimate of drug-likeness (QED) is 0.555. The first-order chi connectivity index (χ1) is 15.4. The Morgan fingerprint density at radius 2 is 1.44 bits per heavy atom. The highest BCUT2D eigenvalue weighted by Gasteiger charge is 2.34. The molecule has 1 amide bonds. The number of hydrogen-bond donors (Lipinski definition) is 1. The molecule has 166 valence electrons. The number of methoxy groups -OCH3 is 2. The first-order valence-electron chi connectivity index (χ1n) is 9.76. The molecular weight excluding hydrogens is 448 g/mol. The summed E-state index contributed by atoms with van der Waals surface area (Å²) in [5.41, 5.74) is 2.13. The van der Waals surface area contributed by atoms with Crippen LogP contribution in [0.1, 0.15) is 10.9 Å². The number of carbonyl (C=O) groups excluding carboxylic acids is 1. The van der Waals surface area contributed by atoms with Crippen molar-refractivity contribution in [2.45, 2.75) is 10.3 Å². The Kier molecular flexibility index (Phi) is 6.29. The molecule has 1 fully saturated rings. The maximum atomic E-state index is 12.7. The van der Waals surface area contributed by atoms with E-state index in [4.69, 9.17) is 9.47 Å². The zero-order chi connectivity index (χ0) is 22.7. The summed E-state index contributed by atoms with van der Waals surface area (Å²) in [6, 6.07) is 20.6. The first-order valence-corrected chi connectivity index (χ1v) is 12.3. The van der Waals surface area contributed by atoms with Crippen LogP contribution < -0.4 is 19.1 Å². The number of ether oxygens (including phenoxy) is 2. The van der Waals surface area contributed by atoms with Crippen LogP contribution in [0.15, 0.2) is 77.7 Å². The molecule has 1 heterocycles. The van der Waals surface area contributed by atoms with Crippen molar-refractivity contribution in [3.63, 3.8) is 0 Å². The van der Waals surface area contributed by atoms with Crippen LogP contribution in [-0.2, 0) is 14.8 Å². The van der Waals surface area contributed by atoms with E-state index in [9.17, 15) is 13.2 Å². The summed E-state index contributed by atoms with van der Waals surface area (Å²) in [6.07, 6.45) is 0. The number of carbonyl (C=O) groups is 1. The van der Waals surface area contributed by atoms with E-state index in [0.29, 0.717) is 17.2 Å². The van der Waals surface area contributed by atoms with Gasteiger partial charge in [-0.3, -0.25) is 14.4 Å². The fourth-order valence-electron chi connectivity index (χ4n) is 3.38. The number of anilines is 2. The van der Waals surface area contributed by atoms with Crippen molar-refractivity contribution in [1.29, 1.82) is 0 Å². The third-order valence-electron chi connectivity index (χ3n) is 5.04. The SMILES string of the molecule is COc1ccc(N2C(=O)CSC2c2ccc(NS(=O)(=O)c3ccc(OC)cc3)cc2)cc1. The van der Waals surface area contributed by atoms with Crippen molar-refractivity contribution >= 4 is 39.1 Å². The summed E-state index contributed by atoms with van der Waals surface area (Å²) >= 11 is 1.53. The van der Waals surface area contributed by atoms with Gasteiger partial charge in [0.15, 0.2) is 0 Å². The Bertz CT molecular complexity index is 1190. The summed E-state index contributed by atoms with van der Waals surface area (Å²) in [7, 11) is -0.607. The lowest BCUT2D eigenvalue weighted by Crippen LogP contribution is -2.27. The first kappa shape index (κ1) is 22.0. The average molecular weight is 471 g/mol. The molecular formula is C23H22N2O5S2. The number of amides is 1. The van der Waals surface area contributed by atoms with Crippen LogP contribution in [0.4, 0.5) is 11.4 Å². The van der Waals surface area contributed by atoms with Crippen molar-refractivity contribution in [2.24, 2.45) is 0 Å². The van der Waals surface area contributed by atoms with Gasteiger partial charge in [0.05, 0.1) is 24.9 Å². The monoisotopic (exact) mass is 470 g/mol. The molecule has 9 heteroatoms. The minimum Gasteiger partial charge on any atom is -0.497 e. The minimum absolute atomic E-state index is 0.0226. The van der Waals surface area contributed by atoms with Crippen LogP contribution in [0.2, 0.25) is 0 Å². The summed E-state index contributed by atoms with van der Waals surface area (Å²) in [4.78, 5) is 14.4. The van der Waals surface area contributed by atoms with E-state index in [1.54, 1.807) is 36.3 Å². The van der Waals surface area contributed by atoms with Gasteiger partial charge < -0.3 is 9.47 Å². The maximum absolute atomic E-state index is 12.7. The summed E-state index contributed by atoms with van der Waals surface area (Å²) in [6.45, 7) is 0. The fourth-order valence-corrected chi connectivity index (χ4v) is 5.61. The number of benzene rings is 3. The van der Waals surface area contributed by atoms with Gasteiger partial charge in [-0.05, 0) is 66.2 Å². The van der Waals surface area contributed by atoms with Crippen LogP contribution in [-0.4, -0.2) is 34.3 Å². The number of nitrogens with zero attached hydrogens (tertiary/aromatic N) is 1. The number of thioether (sulfide) groups is 1. The van der Waals surface area contributed by atoms with Gasteiger partial charge in [-0.1, -0.05) is 12.1 Å². The van der Waals surface area contributed by atoms with Crippen molar-refractivity contribution in [3.05, 3.63) is 78.4 Å². The Hall–Kier alpha value is -3.17. The molecule has 4 rings (SSSR count). The minimum atomic E-state index is -3.73. The Morgan fingerprint density at radius 3 is 2.00 bits per heavy atom. The van der Waals surface area contributed by atoms with Gasteiger partial charge in [0.2, 0.25) is 5.91 Å². The molecule has 1 saturated heterocycles. The summed E-state index contributed by atoms with van der Waals surface area (Å²) in [5.74, 6) is 1.70. The molecule has 0 saturated carbocycles. The molecule has 32 heavy (non-hydrogen) atoms. The van der Waals surface area contributed by atoms with E-state index in [1.165, 1.54) is 31.0 Å². The normalized spacial score (nSPS) is 16.1. The lowest BCUT2D eigenvalue weighted by atomic mass is 10.1. The molecule has 1 N–H and O–H groups in total. The van der Waals surface area contributed by atoms with Gasteiger partial charge in [-0.25, -0.2) is 8.42 Å². The van der Waals surface area contributed by atoms with E-state index >= 15 is 0 Å². The lowest BCUT2D eigenvalue weighted by molar-refractivity contribution is -0.115. The molecule has 0 aromatic heterocycles. The topological polar surface area (TPSA) is 84.9 Å². The summed E-state index contributed by atoms with van der Waals surface area (Å²) in [5, 5.41) is -0.192. The Labute approximate surface area is 191 Å². The lowest BCUT2D eigenvalue weighted by Gasteiger charge is -2.24. The second kappa shape index (κ2) is 9.13. The molecule has 0 radical (unpaired) electrons. The second-order valence-electron chi connectivity index (χ2n) is 7.03.